The highest BCUT2D eigenvalue weighted by Gasteiger charge is 2.26. The summed E-state index contributed by atoms with van der Waals surface area (Å²) in [6.07, 6.45) is 0. The Kier molecular flexibility index (Phi) is 6.28. The maximum atomic E-state index is 12.6. The largest absolute Gasteiger partial charge is 0.379 e. The number of ether oxygens (including phenoxy) is 1. The van der Waals surface area contributed by atoms with Crippen molar-refractivity contribution in [2.45, 2.75) is 4.90 Å². The van der Waals surface area contributed by atoms with Gasteiger partial charge in [-0.05, 0) is 71.1 Å². The Hall–Kier alpha value is -1.49. The summed E-state index contributed by atoms with van der Waals surface area (Å²) >= 11 is 2.22. The van der Waals surface area contributed by atoms with E-state index in [1.54, 1.807) is 12.1 Å². The standard InChI is InChI=1S/C18H19IN2O4S/c19-15-3-5-16(6-4-15)20-13-18(22)14-1-7-17(8-2-14)26(23,24)21-9-11-25-12-10-21/h1-8,20H,9-13H2. The number of nitrogens with zero attached hydrogens (tertiary/aromatic N) is 1. The molecule has 1 N–H and O–H groups in total. The van der Waals surface area contributed by atoms with Crippen LogP contribution in [0.4, 0.5) is 5.69 Å². The number of rotatable bonds is 6. The van der Waals surface area contributed by atoms with E-state index in [1.165, 1.54) is 16.4 Å². The second kappa shape index (κ2) is 8.47. The van der Waals surface area contributed by atoms with Crippen molar-refractivity contribution in [3.05, 3.63) is 57.7 Å². The van der Waals surface area contributed by atoms with Gasteiger partial charge in [-0.2, -0.15) is 4.31 Å². The number of benzene rings is 2. The molecule has 0 atom stereocenters. The molecule has 8 heteroatoms. The summed E-state index contributed by atoms with van der Waals surface area (Å²) in [6, 6.07) is 13.8. The fourth-order valence-electron chi connectivity index (χ4n) is 2.60. The van der Waals surface area contributed by atoms with Crippen molar-refractivity contribution >= 4 is 44.1 Å². The first kappa shape index (κ1) is 19.3. The van der Waals surface area contributed by atoms with Crippen LogP contribution in [0.25, 0.3) is 0 Å². The highest BCUT2D eigenvalue weighted by Crippen LogP contribution is 2.18. The number of hydrogen-bond donors (Lipinski definition) is 1. The highest BCUT2D eigenvalue weighted by atomic mass is 127. The molecule has 138 valence electrons. The van der Waals surface area contributed by atoms with Crippen LogP contribution in [0.3, 0.4) is 0 Å². The van der Waals surface area contributed by atoms with Gasteiger partial charge in [0.25, 0.3) is 0 Å². The Morgan fingerprint density at radius 3 is 2.27 bits per heavy atom. The van der Waals surface area contributed by atoms with E-state index in [2.05, 4.69) is 27.9 Å². The zero-order chi connectivity index (χ0) is 18.6. The molecule has 1 aliphatic heterocycles. The Balaban J connectivity index is 1.64. The minimum Gasteiger partial charge on any atom is -0.379 e. The molecule has 3 rings (SSSR count). The number of nitrogens with one attached hydrogen (secondary N) is 1. The van der Waals surface area contributed by atoms with Gasteiger partial charge in [0, 0.05) is 27.9 Å². The third-order valence-corrected chi connectivity index (χ3v) is 6.71. The van der Waals surface area contributed by atoms with Crippen LogP contribution in [-0.2, 0) is 14.8 Å². The molecule has 0 aliphatic carbocycles. The molecule has 26 heavy (non-hydrogen) atoms. The molecule has 0 aromatic heterocycles. The van der Waals surface area contributed by atoms with Crippen molar-refractivity contribution in [1.82, 2.24) is 4.31 Å². The molecule has 0 amide bonds. The Morgan fingerprint density at radius 1 is 1.04 bits per heavy atom. The first-order valence-electron chi connectivity index (χ1n) is 8.17. The molecule has 6 nitrogen and oxygen atoms in total. The Labute approximate surface area is 166 Å². The lowest BCUT2D eigenvalue weighted by atomic mass is 10.1. The fraction of sp³-hybridized carbons (Fsp3) is 0.278. The van der Waals surface area contributed by atoms with Gasteiger partial charge in [-0.25, -0.2) is 8.42 Å². The van der Waals surface area contributed by atoms with E-state index in [0.29, 0.717) is 31.9 Å². The number of hydrogen-bond acceptors (Lipinski definition) is 5. The van der Waals surface area contributed by atoms with E-state index < -0.39 is 10.0 Å². The summed E-state index contributed by atoms with van der Waals surface area (Å²) in [5.41, 5.74) is 1.34. The van der Waals surface area contributed by atoms with Gasteiger partial charge in [0.1, 0.15) is 0 Å². The second-order valence-electron chi connectivity index (χ2n) is 5.82. The molecule has 1 heterocycles. The average Bonchev–Trinajstić information content (AvgIpc) is 2.68. The van der Waals surface area contributed by atoms with Gasteiger partial charge in [0.05, 0.1) is 24.7 Å². The van der Waals surface area contributed by atoms with Gasteiger partial charge in [-0.15, -0.1) is 0 Å². The molecule has 1 aliphatic rings. The molecule has 1 saturated heterocycles. The highest BCUT2D eigenvalue weighted by molar-refractivity contribution is 14.1. The van der Waals surface area contributed by atoms with Crippen LogP contribution < -0.4 is 5.32 Å². The lowest BCUT2D eigenvalue weighted by Gasteiger charge is -2.26. The monoisotopic (exact) mass is 486 g/mol. The van der Waals surface area contributed by atoms with E-state index in [1.807, 2.05) is 24.3 Å². The molecule has 2 aromatic carbocycles. The smallest absolute Gasteiger partial charge is 0.243 e. The molecule has 2 aromatic rings. The lowest BCUT2D eigenvalue weighted by molar-refractivity contribution is 0.0730. The van der Waals surface area contributed by atoms with Gasteiger partial charge >= 0.3 is 0 Å². The quantitative estimate of drug-likeness (QED) is 0.502. The number of Topliss-reactive ketones (excluding diaryl/α,β-unsaturated/α-hetero) is 1. The number of morpholine rings is 1. The summed E-state index contributed by atoms with van der Waals surface area (Å²) in [4.78, 5) is 12.5. The summed E-state index contributed by atoms with van der Waals surface area (Å²) in [6.45, 7) is 1.65. The zero-order valence-corrected chi connectivity index (χ0v) is 17.0. The molecule has 0 unspecified atom stereocenters. The summed E-state index contributed by atoms with van der Waals surface area (Å²) in [5, 5.41) is 3.07. The normalized spacial score (nSPS) is 15.6. The lowest BCUT2D eigenvalue weighted by Crippen LogP contribution is -2.40. The second-order valence-corrected chi connectivity index (χ2v) is 9.01. The third kappa shape index (κ3) is 4.61. The van der Waals surface area contributed by atoms with Crippen molar-refractivity contribution in [3.63, 3.8) is 0 Å². The van der Waals surface area contributed by atoms with E-state index in [4.69, 9.17) is 4.74 Å². The van der Waals surface area contributed by atoms with Gasteiger partial charge in [0.15, 0.2) is 5.78 Å². The van der Waals surface area contributed by atoms with E-state index >= 15 is 0 Å². The minimum absolute atomic E-state index is 0.0983. The molecule has 0 bridgehead atoms. The van der Waals surface area contributed by atoms with Crippen LogP contribution in [-0.4, -0.2) is 51.4 Å². The predicted molar refractivity (Wildman–Crippen MR) is 108 cm³/mol. The minimum atomic E-state index is -3.54. The zero-order valence-electron chi connectivity index (χ0n) is 14.0. The maximum Gasteiger partial charge on any atom is 0.243 e. The van der Waals surface area contributed by atoms with Crippen molar-refractivity contribution < 1.29 is 17.9 Å². The van der Waals surface area contributed by atoms with Crippen LogP contribution in [0.5, 0.6) is 0 Å². The topological polar surface area (TPSA) is 75.7 Å². The average molecular weight is 486 g/mol. The van der Waals surface area contributed by atoms with Crippen LogP contribution in [0.15, 0.2) is 53.4 Å². The number of anilines is 1. The number of halogens is 1. The van der Waals surface area contributed by atoms with Crippen LogP contribution >= 0.6 is 22.6 Å². The van der Waals surface area contributed by atoms with Crippen LogP contribution in [0.1, 0.15) is 10.4 Å². The van der Waals surface area contributed by atoms with E-state index in [9.17, 15) is 13.2 Å². The van der Waals surface area contributed by atoms with Crippen molar-refractivity contribution in [2.24, 2.45) is 0 Å². The van der Waals surface area contributed by atoms with Crippen molar-refractivity contribution in [2.75, 3.05) is 38.2 Å². The predicted octanol–water partition coefficient (Wildman–Crippen LogP) is 2.61. The summed E-state index contributed by atoms with van der Waals surface area (Å²) in [7, 11) is -3.54. The fourth-order valence-corrected chi connectivity index (χ4v) is 4.37. The van der Waals surface area contributed by atoms with Crippen molar-refractivity contribution in [3.8, 4) is 0 Å². The molecule has 0 saturated carbocycles. The number of sulfonamides is 1. The van der Waals surface area contributed by atoms with Gasteiger partial charge in [0.2, 0.25) is 10.0 Å². The number of carbonyl (C=O) groups is 1. The summed E-state index contributed by atoms with van der Waals surface area (Å²) in [5.74, 6) is -0.0983. The van der Waals surface area contributed by atoms with Crippen LogP contribution in [0.2, 0.25) is 0 Å². The number of ketones is 1. The van der Waals surface area contributed by atoms with Crippen molar-refractivity contribution in [1.29, 1.82) is 0 Å². The SMILES string of the molecule is O=C(CNc1ccc(I)cc1)c1ccc(S(=O)(=O)N2CCOCC2)cc1. The number of carbonyl (C=O) groups excluding carboxylic acids is 1. The molecular formula is C18H19IN2O4S. The van der Waals surface area contributed by atoms with Gasteiger partial charge in [-0.1, -0.05) is 0 Å². The van der Waals surface area contributed by atoms with Gasteiger partial charge in [-0.3, -0.25) is 4.79 Å². The first-order valence-corrected chi connectivity index (χ1v) is 10.7. The Morgan fingerprint density at radius 2 is 1.65 bits per heavy atom. The molecule has 0 radical (unpaired) electrons. The Bertz CT molecular complexity index is 861. The third-order valence-electron chi connectivity index (χ3n) is 4.08. The van der Waals surface area contributed by atoms with Gasteiger partial charge < -0.3 is 10.1 Å². The van der Waals surface area contributed by atoms with E-state index in [-0.39, 0.29) is 17.2 Å². The van der Waals surface area contributed by atoms with Crippen LogP contribution in [0, 0.1) is 3.57 Å². The molecule has 0 spiro atoms. The molecular weight excluding hydrogens is 467 g/mol. The molecule has 1 fully saturated rings. The van der Waals surface area contributed by atoms with E-state index in [0.717, 1.165) is 9.26 Å². The maximum absolute atomic E-state index is 12.6. The first-order chi connectivity index (χ1) is 12.5. The summed E-state index contributed by atoms with van der Waals surface area (Å²) < 4.78 is 32.9.